The summed E-state index contributed by atoms with van der Waals surface area (Å²) in [4.78, 5) is 4.34. The molecule has 0 atom stereocenters. The quantitative estimate of drug-likeness (QED) is 0.758. The second kappa shape index (κ2) is 6.10. The third-order valence-corrected chi connectivity index (χ3v) is 2.49. The number of aryl methyl sites for hydroxylation is 2. The predicted molar refractivity (Wildman–Crippen MR) is 65.3 cm³/mol. The number of nitrogens with zero attached hydrogens (tertiary/aromatic N) is 4. The maximum Gasteiger partial charge on any atom is 0.0692 e. The van der Waals surface area contributed by atoms with Crippen molar-refractivity contribution in [1.82, 2.24) is 25.3 Å². The zero-order valence-corrected chi connectivity index (χ0v) is 10.0. The standard InChI is InChI=1S/C12H17N5/c1-11-3-4-12(14-9-11)10-13-5-2-7-17-8-6-15-16-17/h3-4,6,8-9,13H,2,5,7,10H2,1H3. The van der Waals surface area contributed by atoms with Gasteiger partial charge in [0.15, 0.2) is 0 Å². The molecule has 0 aliphatic rings. The van der Waals surface area contributed by atoms with Gasteiger partial charge in [-0.1, -0.05) is 11.3 Å². The monoisotopic (exact) mass is 231 g/mol. The summed E-state index contributed by atoms with van der Waals surface area (Å²) in [6.45, 7) is 4.71. The predicted octanol–water partition coefficient (Wildman–Crippen LogP) is 1.16. The second-order valence-electron chi connectivity index (χ2n) is 4.02. The van der Waals surface area contributed by atoms with E-state index in [1.54, 1.807) is 6.20 Å². The van der Waals surface area contributed by atoms with E-state index >= 15 is 0 Å². The molecule has 5 nitrogen and oxygen atoms in total. The Labute approximate surface area is 101 Å². The zero-order valence-electron chi connectivity index (χ0n) is 10.0. The van der Waals surface area contributed by atoms with Crippen LogP contribution in [0.1, 0.15) is 17.7 Å². The van der Waals surface area contributed by atoms with Crippen LogP contribution < -0.4 is 5.32 Å². The minimum atomic E-state index is 0.817. The van der Waals surface area contributed by atoms with Crippen molar-refractivity contribution in [2.45, 2.75) is 26.4 Å². The molecular formula is C12H17N5. The lowest BCUT2D eigenvalue weighted by Crippen LogP contribution is -2.17. The molecule has 2 aromatic rings. The summed E-state index contributed by atoms with van der Waals surface area (Å²) in [7, 11) is 0. The molecule has 0 fully saturated rings. The summed E-state index contributed by atoms with van der Waals surface area (Å²) in [6.07, 6.45) is 6.51. The molecule has 0 amide bonds. The Balaban J connectivity index is 1.61. The highest BCUT2D eigenvalue weighted by molar-refractivity contribution is 5.11. The van der Waals surface area contributed by atoms with Crippen molar-refractivity contribution in [1.29, 1.82) is 0 Å². The number of hydrogen-bond acceptors (Lipinski definition) is 4. The van der Waals surface area contributed by atoms with E-state index in [0.29, 0.717) is 0 Å². The van der Waals surface area contributed by atoms with Crippen LogP contribution in [-0.2, 0) is 13.1 Å². The molecule has 0 aromatic carbocycles. The van der Waals surface area contributed by atoms with E-state index in [0.717, 1.165) is 31.7 Å². The molecular weight excluding hydrogens is 214 g/mol. The highest BCUT2D eigenvalue weighted by Gasteiger charge is 1.95. The average Bonchev–Trinajstić information content (AvgIpc) is 2.84. The minimum absolute atomic E-state index is 0.817. The maximum atomic E-state index is 4.34. The second-order valence-corrected chi connectivity index (χ2v) is 4.02. The minimum Gasteiger partial charge on any atom is -0.311 e. The van der Waals surface area contributed by atoms with Crippen LogP contribution in [0.25, 0.3) is 0 Å². The molecule has 17 heavy (non-hydrogen) atoms. The van der Waals surface area contributed by atoms with Crippen molar-refractivity contribution in [2.24, 2.45) is 0 Å². The van der Waals surface area contributed by atoms with Crippen molar-refractivity contribution < 1.29 is 0 Å². The molecule has 0 aliphatic carbocycles. The third-order valence-electron chi connectivity index (χ3n) is 2.49. The molecule has 0 radical (unpaired) electrons. The average molecular weight is 231 g/mol. The van der Waals surface area contributed by atoms with Gasteiger partial charge in [0.2, 0.25) is 0 Å². The normalized spacial score (nSPS) is 10.6. The molecule has 2 heterocycles. The molecule has 1 N–H and O–H groups in total. The van der Waals surface area contributed by atoms with Crippen molar-refractivity contribution in [2.75, 3.05) is 6.54 Å². The molecule has 0 saturated heterocycles. The molecule has 0 aliphatic heterocycles. The van der Waals surface area contributed by atoms with Gasteiger partial charge in [0.1, 0.15) is 0 Å². The van der Waals surface area contributed by atoms with E-state index in [9.17, 15) is 0 Å². The highest BCUT2D eigenvalue weighted by Crippen LogP contribution is 1.97. The van der Waals surface area contributed by atoms with Gasteiger partial charge in [-0.25, -0.2) is 0 Å². The van der Waals surface area contributed by atoms with E-state index in [-0.39, 0.29) is 0 Å². The molecule has 90 valence electrons. The molecule has 0 saturated carbocycles. The van der Waals surface area contributed by atoms with Crippen LogP contribution in [0.15, 0.2) is 30.7 Å². The molecule has 2 aromatic heterocycles. The first kappa shape index (κ1) is 11.7. The lowest BCUT2D eigenvalue weighted by atomic mass is 10.3. The molecule has 0 unspecified atom stereocenters. The van der Waals surface area contributed by atoms with Gasteiger partial charge in [0.05, 0.1) is 11.9 Å². The van der Waals surface area contributed by atoms with Crippen LogP contribution in [-0.4, -0.2) is 26.5 Å². The van der Waals surface area contributed by atoms with E-state index in [2.05, 4.69) is 32.7 Å². The summed E-state index contributed by atoms with van der Waals surface area (Å²) >= 11 is 0. The Morgan fingerprint density at radius 3 is 3.00 bits per heavy atom. The summed E-state index contributed by atoms with van der Waals surface area (Å²) in [5.41, 5.74) is 2.27. The van der Waals surface area contributed by atoms with Crippen molar-refractivity contribution in [3.05, 3.63) is 42.0 Å². The van der Waals surface area contributed by atoms with Gasteiger partial charge < -0.3 is 5.32 Å². The number of rotatable bonds is 6. The van der Waals surface area contributed by atoms with Gasteiger partial charge in [-0.15, -0.1) is 5.10 Å². The van der Waals surface area contributed by atoms with Gasteiger partial charge in [0, 0.05) is 25.5 Å². The third kappa shape index (κ3) is 3.96. The fourth-order valence-corrected chi connectivity index (χ4v) is 1.54. The molecule has 5 heteroatoms. The van der Waals surface area contributed by atoms with Crippen LogP contribution >= 0.6 is 0 Å². The number of hydrogen-bond donors (Lipinski definition) is 1. The first-order valence-electron chi connectivity index (χ1n) is 5.81. The van der Waals surface area contributed by atoms with Gasteiger partial charge in [-0.05, 0) is 31.5 Å². The Morgan fingerprint density at radius 1 is 1.35 bits per heavy atom. The van der Waals surface area contributed by atoms with Crippen molar-refractivity contribution in [3.8, 4) is 0 Å². The number of pyridine rings is 1. The number of nitrogens with one attached hydrogen (secondary N) is 1. The Bertz CT molecular complexity index is 421. The van der Waals surface area contributed by atoms with Crippen LogP contribution in [0.3, 0.4) is 0 Å². The SMILES string of the molecule is Cc1ccc(CNCCCn2ccnn2)nc1. The Hall–Kier alpha value is -1.75. The lowest BCUT2D eigenvalue weighted by Gasteiger charge is -2.04. The fraction of sp³-hybridized carbons (Fsp3) is 0.417. The van der Waals surface area contributed by atoms with Crippen molar-refractivity contribution in [3.63, 3.8) is 0 Å². The summed E-state index contributed by atoms with van der Waals surface area (Å²) < 4.78 is 1.84. The van der Waals surface area contributed by atoms with E-state index in [1.807, 2.05) is 24.0 Å². The Morgan fingerprint density at radius 2 is 2.29 bits per heavy atom. The van der Waals surface area contributed by atoms with Crippen LogP contribution in [0.4, 0.5) is 0 Å². The van der Waals surface area contributed by atoms with E-state index < -0.39 is 0 Å². The maximum absolute atomic E-state index is 4.34. The lowest BCUT2D eigenvalue weighted by molar-refractivity contribution is 0.528. The van der Waals surface area contributed by atoms with Crippen LogP contribution in [0, 0.1) is 6.92 Å². The topological polar surface area (TPSA) is 55.6 Å². The van der Waals surface area contributed by atoms with Crippen LogP contribution in [0.2, 0.25) is 0 Å². The molecule has 0 bridgehead atoms. The number of aromatic nitrogens is 4. The Kier molecular flexibility index (Phi) is 4.21. The fourth-order valence-electron chi connectivity index (χ4n) is 1.54. The van der Waals surface area contributed by atoms with Gasteiger partial charge >= 0.3 is 0 Å². The van der Waals surface area contributed by atoms with Crippen LogP contribution in [0.5, 0.6) is 0 Å². The molecule has 0 spiro atoms. The van der Waals surface area contributed by atoms with E-state index in [1.165, 1.54) is 5.56 Å². The first-order valence-corrected chi connectivity index (χ1v) is 5.81. The smallest absolute Gasteiger partial charge is 0.0692 e. The van der Waals surface area contributed by atoms with Gasteiger partial charge in [-0.2, -0.15) is 0 Å². The highest BCUT2D eigenvalue weighted by atomic mass is 15.4. The molecule has 2 rings (SSSR count). The van der Waals surface area contributed by atoms with E-state index in [4.69, 9.17) is 0 Å². The largest absolute Gasteiger partial charge is 0.311 e. The first-order chi connectivity index (χ1) is 8.34. The summed E-state index contributed by atoms with van der Waals surface area (Å²) in [5, 5.41) is 11.0. The van der Waals surface area contributed by atoms with Crippen molar-refractivity contribution >= 4 is 0 Å². The summed E-state index contributed by atoms with van der Waals surface area (Å²) in [5.74, 6) is 0. The summed E-state index contributed by atoms with van der Waals surface area (Å²) in [6, 6.07) is 4.14. The zero-order chi connectivity index (χ0) is 11.9. The van der Waals surface area contributed by atoms with Gasteiger partial charge in [0.25, 0.3) is 0 Å². The van der Waals surface area contributed by atoms with Gasteiger partial charge in [-0.3, -0.25) is 9.67 Å².